The average molecular weight is 596 g/mol. The molecule has 42 heavy (non-hydrogen) atoms. The van der Waals surface area contributed by atoms with Crippen LogP contribution in [-0.4, -0.2) is 62.1 Å². The second-order valence-corrected chi connectivity index (χ2v) is 10.8. The standard InChI is InChI=1S/C31H38N3O7P/c1-23(34(3)18-17-30(36)32-22-35)19-27(38-4)21-40-42(41-29-16-10-14-26-13-8-9-15-28(26)29)33-24(2)31(37)39-20-25-11-6-5-7-12-25/h5-18,22-24,27,33H,19-21H2,1-4H3,(H,32,35,36)/b18-17-/t23?,24-,27?,42?/m0/s1. The summed E-state index contributed by atoms with van der Waals surface area (Å²) in [6.07, 6.45) is 3.47. The second-order valence-electron chi connectivity index (χ2n) is 9.62. The maximum atomic E-state index is 12.8. The molecule has 3 unspecified atom stereocenters. The van der Waals surface area contributed by atoms with Crippen LogP contribution >= 0.6 is 8.53 Å². The zero-order valence-corrected chi connectivity index (χ0v) is 25.2. The van der Waals surface area contributed by atoms with E-state index < -0.39 is 26.4 Å². The molecule has 0 aliphatic carbocycles. The Labute approximate surface area is 247 Å². The van der Waals surface area contributed by atoms with E-state index in [1.54, 1.807) is 20.2 Å². The quantitative estimate of drug-likeness (QED) is 0.0992. The molecule has 0 radical (unpaired) electrons. The summed E-state index contributed by atoms with van der Waals surface area (Å²) in [5.74, 6) is -0.313. The lowest BCUT2D eigenvalue weighted by Crippen LogP contribution is -2.35. The van der Waals surface area contributed by atoms with Crippen molar-refractivity contribution >= 4 is 37.6 Å². The monoisotopic (exact) mass is 595 g/mol. The SMILES string of the molecule is COC(COP(N[C@@H](C)C(=O)OCc1ccccc1)Oc1cccc2ccccc12)CC(C)N(C)/C=C\C(=O)NC=O. The molecule has 0 spiro atoms. The molecule has 0 saturated carbocycles. The topological polar surface area (TPSA) is 115 Å². The Morgan fingerprint density at radius 3 is 2.45 bits per heavy atom. The molecule has 0 heterocycles. The van der Waals surface area contributed by atoms with Crippen molar-refractivity contribution in [2.24, 2.45) is 0 Å². The predicted octanol–water partition coefficient (Wildman–Crippen LogP) is 4.70. The molecule has 10 nitrogen and oxygen atoms in total. The highest BCUT2D eigenvalue weighted by atomic mass is 31.2. The number of hydrogen-bond acceptors (Lipinski definition) is 9. The Balaban J connectivity index is 1.67. The van der Waals surface area contributed by atoms with Gasteiger partial charge in [-0.25, -0.2) is 5.09 Å². The summed E-state index contributed by atoms with van der Waals surface area (Å²) in [6.45, 7) is 4.03. The van der Waals surface area contributed by atoms with Gasteiger partial charge < -0.3 is 23.4 Å². The zero-order valence-electron chi connectivity index (χ0n) is 24.3. The van der Waals surface area contributed by atoms with Crippen LogP contribution in [0, 0.1) is 0 Å². The van der Waals surface area contributed by atoms with E-state index in [0.717, 1.165) is 16.3 Å². The van der Waals surface area contributed by atoms with Crippen molar-refractivity contribution in [3.63, 3.8) is 0 Å². The van der Waals surface area contributed by atoms with E-state index in [1.165, 1.54) is 6.08 Å². The van der Waals surface area contributed by atoms with Crippen molar-refractivity contribution in [1.82, 2.24) is 15.3 Å². The van der Waals surface area contributed by atoms with Gasteiger partial charge in [0.1, 0.15) is 18.4 Å². The molecule has 4 atom stereocenters. The maximum Gasteiger partial charge on any atom is 0.323 e. The number of methoxy groups -OCH3 is 1. The number of hydrogen-bond donors (Lipinski definition) is 2. The van der Waals surface area contributed by atoms with Crippen molar-refractivity contribution in [2.45, 2.75) is 45.1 Å². The highest BCUT2D eigenvalue weighted by Gasteiger charge is 2.25. The molecule has 0 aromatic heterocycles. The second kappa shape index (κ2) is 17.2. The van der Waals surface area contributed by atoms with Crippen LogP contribution in [0.15, 0.2) is 85.1 Å². The van der Waals surface area contributed by atoms with Crippen LogP contribution in [0.4, 0.5) is 0 Å². The van der Waals surface area contributed by atoms with E-state index in [0.29, 0.717) is 18.6 Å². The van der Waals surface area contributed by atoms with E-state index >= 15 is 0 Å². The number of rotatable bonds is 17. The van der Waals surface area contributed by atoms with Gasteiger partial charge in [-0.15, -0.1) is 0 Å². The number of carbonyl (C=O) groups excluding carboxylic acids is 3. The van der Waals surface area contributed by atoms with Crippen molar-refractivity contribution in [1.29, 1.82) is 0 Å². The third-order valence-corrected chi connectivity index (χ3v) is 7.82. The number of nitrogens with one attached hydrogen (secondary N) is 2. The van der Waals surface area contributed by atoms with Crippen molar-refractivity contribution in [2.75, 3.05) is 20.8 Å². The summed E-state index contributed by atoms with van der Waals surface area (Å²) in [6, 6.07) is 22.4. The number of esters is 1. The maximum absolute atomic E-state index is 12.8. The molecular formula is C31H38N3O7P. The Kier molecular flexibility index (Phi) is 13.4. The molecule has 0 fully saturated rings. The number of ether oxygens (including phenoxy) is 2. The van der Waals surface area contributed by atoms with Gasteiger partial charge in [0.25, 0.3) is 5.91 Å². The summed E-state index contributed by atoms with van der Waals surface area (Å²) in [5, 5.41) is 7.16. The minimum absolute atomic E-state index is 0.0242. The van der Waals surface area contributed by atoms with Gasteiger partial charge >= 0.3 is 14.5 Å². The van der Waals surface area contributed by atoms with Gasteiger partial charge in [-0.2, -0.15) is 0 Å². The van der Waals surface area contributed by atoms with Crippen LogP contribution in [0.25, 0.3) is 10.8 Å². The summed E-state index contributed by atoms with van der Waals surface area (Å²) in [7, 11) is 1.63. The lowest BCUT2D eigenvalue weighted by atomic mass is 10.1. The number of amides is 2. The van der Waals surface area contributed by atoms with Crippen LogP contribution in [0.5, 0.6) is 5.75 Å². The Morgan fingerprint density at radius 1 is 1.00 bits per heavy atom. The first kappa shape index (κ1) is 32.7. The lowest BCUT2D eigenvalue weighted by Gasteiger charge is -2.28. The average Bonchev–Trinajstić information content (AvgIpc) is 3.01. The highest BCUT2D eigenvalue weighted by Crippen LogP contribution is 2.39. The van der Waals surface area contributed by atoms with E-state index in [2.05, 4.69) is 10.4 Å². The minimum atomic E-state index is -1.79. The molecule has 3 rings (SSSR count). The Morgan fingerprint density at radius 2 is 1.71 bits per heavy atom. The van der Waals surface area contributed by atoms with Crippen LogP contribution < -0.4 is 14.9 Å². The number of fused-ring (bicyclic) bond motifs is 1. The highest BCUT2D eigenvalue weighted by molar-refractivity contribution is 7.45. The first-order chi connectivity index (χ1) is 20.3. The number of imide groups is 1. The molecule has 3 aromatic rings. The van der Waals surface area contributed by atoms with Gasteiger partial charge in [-0.3, -0.25) is 19.7 Å². The Hall–Kier alpha value is -3.82. The molecule has 0 aliphatic rings. The fourth-order valence-corrected chi connectivity index (χ4v) is 5.13. The van der Waals surface area contributed by atoms with Crippen molar-refractivity contribution < 1.29 is 32.9 Å². The van der Waals surface area contributed by atoms with Gasteiger partial charge in [0.05, 0.1) is 12.7 Å². The van der Waals surface area contributed by atoms with Crippen LogP contribution in [0.1, 0.15) is 25.8 Å². The van der Waals surface area contributed by atoms with E-state index in [9.17, 15) is 14.4 Å². The zero-order chi connectivity index (χ0) is 30.3. The lowest BCUT2D eigenvalue weighted by molar-refractivity contribution is -0.146. The minimum Gasteiger partial charge on any atom is -0.460 e. The van der Waals surface area contributed by atoms with E-state index in [4.69, 9.17) is 18.5 Å². The number of carbonyl (C=O) groups is 3. The van der Waals surface area contributed by atoms with Crippen LogP contribution in [-0.2, 0) is 35.0 Å². The molecule has 2 amide bonds. The van der Waals surface area contributed by atoms with Gasteiger partial charge in [-0.1, -0.05) is 66.7 Å². The van der Waals surface area contributed by atoms with Crippen LogP contribution in [0.3, 0.4) is 0 Å². The molecule has 0 saturated heterocycles. The molecule has 2 N–H and O–H groups in total. The summed E-state index contributed by atoms with van der Waals surface area (Å²) >= 11 is 0. The van der Waals surface area contributed by atoms with Gasteiger partial charge in [-0.05, 0) is 37.3 Å². The summed E-state index contributed by atoms with van der Waals surface area (Å²) in [4.78, 5) is 36.6. The number of nitrogens with zero attached hydrogens (tertiary/aromatic N) is 1. The molecule has 11 heteroatoms. The molecular weight excluding hydrogens is 557 g/mol. The first-order valence-electron chi connectivity index (χ1n) is 13.5. The molecule has 224 valence electrons. The largest absolute Gasteiger partial charge is 0.460 e. The van der Waals surface area contributed by atoms with E-state index in [1.807, 2.05) is 91.7 Å². The van der Waals surface area contributed by atoms with Gasteiger partial charge in [0, 0.05) is 37.9 Å². The van der Waals surface area contributed by atoms with Crippen molar-refractivity contribution in [3.8, 4) is 5.75 Å². The smallest absolute Gasteiger partial charge is 0.323 e. The third-order valence-electron chi connectivity index (χ3n) is 6.48. The summed E-state index contributed by atoms with van der Waals surface area (Å²) in [5.41, 5.74) is 0.893. The van der Waals surface area contributed by atoms with Gasteiger partial charge in [0.2, 0.25) is 6.41 Å². The molecule has 0 bridgehead atoms. The van der Waals surface area contributed by atoms with Gasteiger partial charge in [0.15, 0.2) is 0 Å². The normalized spacial score (nSPS) is 14.1. The number of benzene rings is 3. The van der Waals surface area contributed by atoms with E-state index in [-0.39, 0.29) is 25.4 Å². The predicted molar refractivity (Wildman–Crippen MR) is 162 cm³/mol. The first-order valence-corrected chi connectivity index (χ1v) is 14.7. The van der Waals surface area contributed by atoms with Crippen molar-refractivity contribution in [3.05, 3.63) is 90.6 Å². The Bertz CT molecular complexity index is 1320. The third kappa shape index (κ3) is 10.5. The summed E-state index contributed by atoms with van der Waals surface area (Å²) < 4.78 is 23.7. The van der Waals surface area contributed by atoms with Crippen LogP contribution in [0.2, 0.25) is 0 Å². The fraction of sp³-hybridized carbons (Fsp3) is 0.323. The molecule has 0 aliphatic heterocycles. The molecule has 3 aromatic carbocycles. The fourth-order valence-electron chi connectivity index (χ4n) is 3.89.